The van der Waals surface area contributed by atoms with Crippen LogP contribution in [-0.4, -0.2) is 19.7 Å². The van der Waals surface area contributed by atoms with Gasteiger partial charge in [-0.15, -0.1) is 0 Å². The van der Waals surface area contributed by atoms with Crippen LogP contribution in [0.1, 0.15) is 0 Å². The Morgan fingerprint density at radius 1 is 1.12 bits per heavy atom. The smallest absolute Gasteiger partial charge is 0.155 e. The first-order chi connectivity index (χ1) is 7.83. The number of aromatic hydroxyl groups is 1. The van der Waals surface area contributed by atoms with Crippen molar-refractivity contribution >= 4 is 5.65 Å². The fourth-order valence-corrected chi connectivity index (χ4v) is 1.62. The first kappa shape index (κ1) is 8.91. The van der Waals surface area contributed by atoms with Gasteiger partial charge in [-0.05, 0) is 0 Å². The van der Waals surface area contributed by atoms with Gasteiger partial charge in [-0.25, -0.2) is 9.50 Å². The van der Waals surface area contributed by atoms with E-state index in [0.717, 1.165) is 16.9 Å². The van der Waals surface area contributed by atoms with Crippen LogP contribution in [0.15, 0.2) is 48.8 Å². The molecule has 0 aliphatic heterocycles. The molecule has 0 saturated heterocycles. The van der Waals surface area contributed by atoms with Gasteiger partial charge in [0.05, 0.1) is 18.1 Å². The molecule has 0 aliphatic rings. The monoisotopic (exact) mass is 211 g/mol. The highest BCUT2D eigenvalue weighted by Gasteiger charge is 2.04. The minimum absolute atomic E-state index is 0.107. The van der Waals surface area contributed by atoms with E-state index in [9.17, 15) is 5.11 Å². The Morgan fingerprint density at radius 3 is 2.75 bits per heavy atom. The molecule has 3 aromatic rings. The number of rotatable bonds is 1. The fourth-order valence-electron chi connectivity index (χ4n) is 1.62. The first-order valence-corrected chi connectivity index (χ1v) is 4.93. The molecule has 1 aromatic carbocycles. The molecule has 3 rings (SSSR count). The highest BCUT2D eigenvalue weighted by Crippen LogP contribution is 2.19. The third kappa shape index (κ3) is 1.40. The standard InChI is InChI=1S/C12H9N3O/c16-10-7-13-12-6-11(14-15(12)8-10)9-4-2-1-3-5-9/h1-8,16H. The first-order valence-electron chi connectivity index (χ1n) is 4.93. The number of hydrogen-bond donors (Lipinski definition) is 1. The molecule has 0 aliphatic carbocycles. The summed E-state index contributed by atoms with van der Waals surface area (Å²) in [5.74, 6) is 0.107. The lowest BCUT2D eigenvalue weighted by Gasteiger charge is -1.93. The molecule has 1 N–H and O–H groups in total. The van der Waals surface area contributed by atoms with E-state index in [1.807, 2.05) is 36.4 Å². The van der Waals surface area contributed by atoms with Gasteiger partial charge < -0.3 is 5.11 Å². The van der Waals surface area contributed by atoms with E-state index in [2.05, 4.69) is 10.1 Å². The Kier molecular flexibility index (Phi) is 1.86. The van der Waals surface area contributed by atoms with Gasteiger partial charge in [-0.3, -0.25) is 0 Å². The largest absolute Gasteiger partial charge is 0.505 e. The van der Waals surface area contributed by atoms with Crippen molar-refractivity contribution in [2.75, 3.05) is 0 Å². The normalized spacial score (nSPS) is 10.8. The summed E-state index contributed by atoms with van der Waals surface area (Å²) in [7, 11) is 0. The molecule has 4 nitrogen and oxygen atoms in total. The third-order valence-corrected chi connectivity index (χ3v) is 2.37. The third-order valence-electron chi connectivity index (χ3n) is 2.37. The van der Waals surface area contributed by atoms with Crippen molar-refractivity contribution in [1.29, 1.82) is 0 Å². The lowest BCUT2D eigenvalue weighted by molar-refractivity contribution is 0.467. The van der Waals surface area contributed by atoms with Crippen LogP contribution in [-0.2, 0) is 0 Å². The van der Waals surface area contributed by atoms with E-state index in [-0.39, 0.29) is 5.75 Å². The van der Waals surface area contributed by atoms with Gasteiger partial charge in [0.15, 0.2) is 11.4 Å². The van der Waals surface area contributed by atoms with Crippen LogP contribution in [0.25, 0.3) is 16.9 Å². The predicted molar refractivity (Wildman–Crippen MR) is 60.1 cm³/mol. The van der Waals surface area contributed by atoms with Crippen molar-refractivity contribution in [1.82, 2.24) is 14.6 Å². The van der Waals surface area contributed by atoms with E-state index in [1.54, 1.807) is 4.52 Å². The average Bonchev–Trinajstić information content (AvgIpc) is 2.73. The molecule has 0 unspecified atom stereocenters. The molecule has 4 heteroatoms. The number of benzene rings is 1. The summed E-state index contributed by atoms with van der Waals surface area (Å²) < 4.78 is 1.57. The van der Waals surface area contributed by atoms with Gasteiger partial charge >= 0.3 is 0 Å². The van der Waals surface area contributed by atoms with Crippen molar-refractivity contribution in [3.8, 4) is 17.0 Å². The Morgan fingerprint density at radius 2 is 1.94 bits per heavy atom. The van der Waals surface area contributed by atoms with Gasteiger partial charge in [0.2, 0.25) is 0 Å². The number of hydrogen-bond acceptors (Lipinski definition) is 3. The molecular weight excluding hydrogens is 202 g/mol. The molecule has 78 valence electrons. The van der Waals surface area contributed by atoms with E-state index < -0.39 is 0 Å². The molecular formula is C12H9N3O. The molecule has 0 radical (unpaired) electrons. The van der Waals surface area contributed by atoms with Crippen molar-refractivity contribution in [2.45, 2.75) is 0 Å². The van der Waals surface area contributed by atoms with E-state index >= 15 is 0 Å². The molecule has 0 fully saturated rings. The van der Waals surface area contributed by atoms with Crippen LogP contribution in [0, 0.1) is 0 Å². The predicted octanol–water partition coefficient (Wildman–Crippen LogP) is 2.10. The lowest BCUT2D eigenvalue weighted by Crippen LogP contribution is -1.88. The van der Waals surface area contributed by atoms with Crippen LogP contribution >= 0.6 is 0 Å². The van der Waals surface area contributed by atoms with Gasteiger partial charge in [0.1, 0.15) is 0 Å². The van der Waals surface area contributed by atoms with Crippen LogP contribution in [0.5, 0.6) is 5.75 Å². The van der Waals surface area contributed by atoms with Gasteiger partial charge in [0, 0.05) is 11.6 Å². The van der Waals surface area contributed by atoms with Crippen molar-refractivity contribution in [2.24, 2.45) is 0 Å². The summed E-state index contributed by atoms with van der Waals surface area (Å²) in [4.78, 5) is 4.08. The van der Waals surface area contributed by atoms with E-state index in [4.69, 9.17) is 0 Å². The minimum Gasteiger partial charge on any atom is -0.505 e. The highest BCUT2D eigenvalue weighted by molar-refractivity contribution is 5.63. The topological polar surface area (TPSA) is 50.4 Å². The van der Waals surface area contributed by atoms with Crippen LogP contribution in [0.3, 0.4) is 0 Å². The van der Waals surface area contributed by atoms with E-state index in [0.29, 0.717) is 0 Å². The number of nitrogens with zero attached hydrogens (tertiary/aromatic N) is 3. The zero-order valence-electron chi connectivity index (χ0n) is 8.41. The highest BCUT2D eigenvalue weighted by atomic mass is 16.3. The Hall–Kier alpha value is -2.36. The van der Waals surface area contributed by atoms with Crippen LogP contribution in [0.2, 0.25) is 0 Å². The Bertz CT molecular complexity index is 631. The van der Waals surface area contributed by atoms with Gasteiger partial charge in [-0.2, -0.15) is 5.10 Å². The molecule has 0 atom stereocenters. The second kappa shape index (κ2) is 3.34. The molecule has 2 aromatic heterocycles. The summed E-state index contributed by atoms with van der Waals surface area (Å²) in [6.45, 7) is 0. The molecule has 2 heterocycles. The second-order valence-corrected chi connectivity index (χ2v) is 3.51. The molecule has 0 spiro atoms. The number of aromatic nitrogens is 3. The van der Waals surface area contributed by atoms with Crippen LogP contribution < -0.4 is 0 Å². The quantitative estimate of drug-likeness (QED) is 0.670. The minimum atomic E-state index is 0.107. The maximum absolute atomic E-state index is 9.29. The zero-order valence-corrected chi connectivity index (χ0v) is 8.41. The van der Waals surface area contributed by atoms with Crippen molar-refractivity contribution in [3.05, 3.63) is 48.8 Å². The van der Waals surface area contributed by atoms with Gasteiger partial charge in [0.25, 0.3) is 0 Å². The second-order valence-electron chi connectivity index (χ2n) is 3.51. The van der Waals surface area contributed by atoms with Crippen molar-refractivity contribution in [3.63, 3.8) is 0 Å². The summed E-state index contributed by atoms with van der Waals surface area (Å²) in [6.07, 6.45) is 2.94. The molecule has 0 saturated carbocycles. The summed E-state index contributed by atoms with van der Waals surface area (Å²) in [5, 5.41) is 13.6. The summed E-state index contributed by atoms with van der Waals surface area (Å²) in [6, 6.07) is 11.7. The Balaban J connectivity index is 2.19. The lowest BCUT2D eigenvalue weighted by atomic mass is 10.2. The van der Waals surface area contributed by atoms with Gasteiger partial charge in [-0.1, -0.05) is 30.3 Å². The van der Waals surface area contributed by atoms with Crippen LogP contribution in [0.4, 0.5) is 0 Å². The van der Waals surface area contributed by atoms with E-state index in [1.165, 1.54) is 12.4 Å². The number of fused-ring (bicyclic) bond motifs is 1. The zero-order chi connectivity index (χ0) is 11.0. The Labute approximate surface area is 91.8 Å². The molecule has 0 amide bonds. The fraction of sp³-hybridized carbons (Fsp3) is 0. The maximum atomic E-state index is 9.29. The maximum Gasteiger partial charge on any atom is 0.155 e. The van der Waals surface area contributed by atoms with Crippen molar-refractivity contribution < 1.29 is 5.11 Å². The summed E-state index contributed by atoms with van der Waals surface area (Å²) in [5.41, 5.74) is 2.60. The molecule has 16 heavy (non-hydrogen) atoms. The SMILES string of the molecule is Oc1cnc2cc(-c3ccccc3)nn2c1. The average molecular weight is 211 g/mol. The summed E-state index contributed by atoms with van der Waals surface area (Å²) >= 11 is 0. The molecule has 0 bridgehead atoms.